The lowest BCUT2D eigenvalue weighted by Gasteiger charge is -2.44. The third-order valence-corrected chi connectivity index (χ3v) is 4.72. The van der Waals surface area contributed by atoms with Gasteiger partial charge in [0.05, 0.1) is 5.69 Å². The van der Waals surface area contributed by atoms with E-state index in [9.17, 15) is 4.79 Å². The van der Waals surface area contributed by atoms with Crippen LogP contribution in [0.15, 0.2) is 24.3 Å². The summed E-state index contributed by atoms with van der Waals surface area (Å²) in [6.45, 7) is 1.46. The maximum atomic E-state index is 11.7. The number of benzene rings is 1. The minimum Gasteiger partial charge on any atom is -0.330 e. The molecule has 4 heteroatoms. The zero-order valence-corrected chi connectivity index (χ0v) is 11.4. The first-order valence-corrected chi connectivity index (χ1v) is 7.01. The topological polar surface area (TPSA) is 49.6 Å². The molecular formula is C15H21N3O. The van der Waals surface area contributed by atoms with E-state index < -0.39 is 0 Å². The van der Waals surface area contributed by atoms with Crippen LogP contribution < -0.4 is 10.7 Å². The molecule has 1 heterocycles. The number of carbonyl (C=O) groups is 1. The van der Waals surface area contributed by atoms with Crippen molar-refractivity contribution in [1.29, 1.82) is 0 Å². The minimum absolute atomic E-state index is 0.128. The Morgan fingerprint density at radius 1 is 1.32 bits per heavy atom. The molecule has 1 saturated carbocycles. The highest BCUT2D eigenvalue weighted by Gasteiger charge is 2.40. The van der Waals surface area contributed by atoms with Crippen LogP contribution in [-0.2, 0) is 10.2 Å². The van der Waals surface area contributed by atoms with Crippen LogP contribution in [0.4, 0.5) is 5.69 Å². The number of nitrogens with two attached hydrogens (primary N) is 1. The first kappa shape index (κ1) is 12.5. The number of amides is 1. The van der Waals surface area contributed by atoms with Crippen molar-refractivity contribution in [3.05, 3.63) is 29.8 Å². The molecule has 3 rings (SSSR count). The summed E-state index contributed by atoms with van der Waals surface area (Å²) in [4.78, 5) is 11.7. The molecule has 1 aromatic carbocycles. The van der Waals surface area contributed by atoms with Crippen molar-refractivity contribution in [2.24, 2.45) is 5.73 Å². The number of rotatable bonds is 3. The molecule has 102 valence electrons. The number of nitrogens with zero attached hydrogens (tertiary/aromatic N) is 2. The Hall–Kier alpha value is -1.55. The van der Waals surface area contributed by atoms with Gasteiger partial charge in [-0.05, 0) is 24.5 Å². The lowest BCUT2D eigenvalue weighted by atomic mass is 9.64. The SMILES string of the molecule is CN1C(=O)CCN1c1ccccc1C1(CN)CCC1. The quantitative estimate of drug-likeness (QED) is 0.898. The van der Waals surface area contributed by atoms with Gasteiger partial charge in [0.2, 0.25) is 5.91 Å². The summed E-state index contributed by atoms with van der Waals surface area (Å²) in [5, 5.41) is 3.83. The first-order valence-electron chi connectivity index (χ1n) is 7.01. The third kappa shape index (κ3) is 1.82. The molecule has 0 bridgehead atoms. The van der Waals surface area contributed by atoms with Crippen molar-refractivity contribution in [3.8, 4) is 0 Å². The largest absolute Gasteiger partial charge is 0.330 e. The Labute approximate surface area is 114 Å². The molecule has 4 nitrogen and oxygen atoms in total. The van der Waals surface area contributed by atoms with Gasteiger partial charge >= 0.3 is 0 Å². The Balaban J connectivity index is 2.00. The van der Waals surface area contributed by atoms with Crippen LogP contribution in [0.1, 0.15) is 31.2 Å². The van der Waals surface area contributed by atoms with Gasteiger partial charge in [-0.1, -0.05) is 24.6 Å². The van der Waals surface area contributed by atoms with Gasteiger partial charge in [-0.3, -0.25) is 14.8 Å². The zero-order valence-electron chi connectivity index (χ0n) is 11.4. The summed E-state index contributed by atoms with van der Waals surface area (Å²) in [6, 6.07) is 8.41. The average molecular weight is 259 g/mol. The van der Waals surface area contributed by atoms with Crippen LogP contribution in [-0.4, -0.2) is 31.1 Å². The number of hydrogen-bond acceptors (Lipinski definition) is 3. The molecule has 0 atom stereocenters. The summed E-state index contributed by atoms with van der Waals surface area (Å²) >= 11 is 0. The Kier molecular flexibility index (Phi) is 2.97. The van der Waals surface area contributed by atoms with Crippen LogP contribution in [0.3, 0.4) is 0 Å². The molecule has 1 saturated heterocycles. The van der Waals surface area contributed by atoms with E-state index in [1.807, 2.05) is 13.1 Å². The van der Waals surface area contributed by atoms with Gasteiger partial charge in [-0.2, -0.15) is 0 Å². The van der Waals surface area contributed by atoms with Gasteiger partial charge in [0.25, 0.3) is 0 Å². The second-order valence-electron chi connectivity index (χ2n) is 5.65. The number of anilines is 1. The van der Waals surface area contributed by atoms with E-state index in [1.165, 1.54) is 12.0 Å². The number of carbonyl (C=O) groups excluding carboxylic acids is 1. The van der Waals surface area contributed by atoms with Crippen LogP contribution >= 0.6 is 0 Å². The third-order valence-electron chi connectivity index (χ3n) is 4.72. The van der Waals surface area contributed by atoms with Gasteiger partial charge in [0.1, 0.15) is 0 Å². The van der Waals surface area contributed by atoms with Crippen LogP contribution in [0, 0.1) is 0 Å². The van der Waals surface area contributed by atoms with Crippen molar-refractivity contribution in [1.82, 2.24) is 5.01 Å². The molecule has 1 aromatic rings. The average Bonchev–Trinajstić information content (AvgIpc) is 2.70. The maximum absolute atomic E-state index is 11.7. The van der Waals surface area contributed by atoms with Crippen molar-refractivity contribution >= 4 is 11.6 Å². The highest BCUT2D eigenvalue weighted by molar-refractivity contribution is 5.82. The van der Waals surface area contributed by atoms with E-state index in [0.717, 1.165) is 25.1 Å². The highest BCUT2D eigenvalue weighted by Crippen LogP contribution is 2.46. The minimum atomic E-state index is 0.128. The molecule has 0 aromatic heterocycles. The Bertz CT molecular complexity index is 490. The number of para-hydroxylation sites is 1. The fraction of sp³-hybridized carbons (Fsp3) is 0.533. The van der Waals surface area contributed by atoms with Gasteiger partial charge in [-0.15, -0.1) is 0 Å². The molecular weight excluding hydrogens is 238 g/mol. The zero-order chi connectivity index (χ0) is 13.5. The summed E-state index contributed by atoms with van der Waals surface area (Å²) in [5.74, 6) is 0.185. The Morgan fingerprint density at radius 3 is 2.58 bits per heavy atom. The van der Waals surface area contributed by atoms with Crippen LogP contribution in [0.5, 0.6) is 0 Å². The van der Waals surface area contributed by atoms with Gasteiger partial charge < -0.3 is 5.73 Å². The molecule has 1 amide bonds. The van der Waals surface area contributed by atoms with Gasteiger partial charge in [0, 0.05) is 32.0 Å². The molecule has 1 aliphatic carbocycles. The van der Waals surface area contributed by atoms with Crippen molar-refractivity contribution in [3.63, 3.8) is 0 Å². The molecule has 19 heavy (non-hydrogen) atoms. The second-order valence-corrected chi connectivity index (χ2v) is 5.65. The lowest BCUT2D eigenvalue weighted by Crippen LogP contribution is -2.44. The number of hydrazine groups is 1. The van der Waals surface area contributed by atoms with E-state index in [4.69, 9.17) is 5.73 Å². The smallest absolute Gasteiger partial charge is 0.242 e. The molecule has 0 unspecified atom stereocenters. The lowest BCUT2D eigenvalue weighted by molar-refractivity contribution is -0.126. The first-order chi connectivity index (χ1) is 9.18. The van der Waals surface area contributed by atoms with Crippen LogP contribution in [0.25, 0.3) is 0 Å². The molecule has 2 fully saturated rings. The molecule has 2 aliphatic rings. The molecule has 0 spiro atoms. The van der Waals surface area contributed by atoms with E-state index in [2.05, 4.69) is 23.2 Å². The number of hydrogen-bond donors (Lipinski definition) is 1. The summed E-state index contributed by atoms with van der Waals surface area (Å²) in [6.07, 6.45) is 4.17. The summed E-state index contributed by atoms with van der Waals surface area (Å²) in [7, 11) is 1.85. The molecule has 1 aliphatic heterocycles. The molecule has 2 N–H and O–H groups in total. The van der Waals surface area contributed by atoms with Crippen molar-refractivity contribution in [2.75, 3.05) is 25.1 Å². The van der Waals surface area contributed by atoms with Crippen LogP contribution in [0.2, 0.25) is 0 Å². The van der Waals surface area contributed by atoms with E-state index in [-0.39, 0.29) is 11.3 Å². The van der Waals surface area contributed by atoms with E-state index in [0.29, 0.717) is 13.0 Å². The molecule has 0 radical (unpaired) electrons. The monoisotopic (exact) mass is 259 g/mol. The predicted octanol–water partition coefficient (Wildman–Crippen LogP) is 1.65. The maximum Gasteiger partial charge on any atom is 0.242 e. The summed E-state index contributed by atoms with van der Waals surface area (Å²) in [5.41, 5.74) is 8.62. The second kappa shape index (κ2) is 4.53. The normalized spacial score (nSPS) is 21.7. The summed E-state index contributed by atoms with van der Waals surface area (Å²) < 4.78 is 0. The highest BCUT2D eigenvalue weighted by atomic mass is 16.2. The van der Waals surface area contributed by atoms with E-state index in [1.54, 1.807) is 5.01 Å². The fourth-order valence-electron chi connectivity index (χ4n) is 3.26. The van der Waals surface area contributed by atoms with E-state index >= 15 is 0 Å². The fourth-order valence-corrected chi connectivity index (χ4v) is 3.26. The van der Waals surface area contributed by atoms with Gasteiger partial charge in [-0.25, -0.2) is 0 Å². The predicted molar refractivity (Wildman–Crippen MR) is 75.8 cm³/mol. The van der Waals surface area contributed by atoms with Gasteiger partial charge in [0.15, 0.2) is 0 Å². The van der Waals surface area contributed by atoms with Crippen molar-refractivity contribution < 1.29 is 4.79 Å². The standard InChI is InChI=1S/C15H21N3O/c1-17-14(19)7-10-18(17)13-6-3-2-5-12(13)15(11-16)8-4-9-15/h2-3,5-6H,4,7-11,16H2,1H3. The Morgan fingerprint density at radius 2 is 2.05 bits per heavy atom. The van der Waals surface area contributed by atoms with Crippen molar-refractivity contribution in [2.45, 2.75) is 31.1 Å².